The number of nitrogens with zero attached hydrogens (tertiary/aromatic N) is 3. The molecule has 0 amide bonds. The van der Waals surface area contributed by atoms with Crippen molar-refractivity contribution in [3.8, 4) is 11.3 Å². The largest absolute Gasteiger partial charge is 0.396 e. The molecule has 0 aliphatic carbocycles. The van der Waals surface area contributed by atoms with Crippen LogP contribution in [0, 0.1) is 0 Å². The number of fused-ring (bicyclic) bond motifs is 1. The fourth-order valence-electron chi connectivity index (χ4n) is 2.29. The fraction of sp³-hybridized carbons (Fsp3) is 0.154. The fourth-order valence-corrected chi connectivity index (χ4v) is 2.29. The van der Waals surface area contributed by atoms with Crippen LogP contribution in [0.2, 0.25) is 0 Å². The van der Waals surface area contributed by atoms with E-state index >= 15 is 0 Å². The van der Waals surface area contributed by atoms with Gasteiger partial charge in [-0.25, -0.2) is 0 Å². The summed E-state index contributed by atoms with van der Waals surface area (Å²) in [5.74, 6) is 0. The zero-order valence-electron chi connectivity index (χ0n) is 9.88. The molecule has 86 valence electrons. The average Bonchev–Trinajstić information content (AvgIpc) is 2.84. The first-order chi connectivity index (χ1) is 8.18. The van der Waals surface area contributed by atoms with Crippen LogP contribution >= 0.6 is 0 Å². The minimum atomic E-state index is 0.712. The maximum Gasteiger partial charge on any atom is 0.0915 e. The van der Waals surface area contributed by atoms with Gasteiger partial charge in [0.05, 0.1) is 17.6 Å². The molecule has 0 radical (unpaired) electrons. The van der Waals surface area contributed by atoms with Gasteiger partial charge in [0.2, 0.25) is 0 Å². The van der Waals surface area contributed by atoms with Crippen molar-refractivity contribution >= 4 is 16.6 Å². The molecule has 0 spiro atoms. The quantitative estimate of drug-likeness (QED) is 0.691. The van der Waals surface area contributed by atoms with Crippen molar-refractivity contribution in [3.63, 3.8) is 0 Å². The molecule has 2 aromatic heterocycles. The van der Waals surface area contributed by atoms with Crippen LogP contribution in [-0.4, -0.2) is 14.3 Å². The monoisotopic (exact) mass is 226 g/mol. The summed E-state index contributed by atoms with van der Waals surface area (Å²) in [6.07, 6.45) is 3.75. The molecule has 2 heterocycles. The van der Waals surface area contributed by atoms with Gasteiger partial charge in [0, 0.05) is 36.8 Å². The highest BCUT2D eigenvalue weighted by atomic mass is 15.3. The third-order valence-electron chi connectivity index (χ3n) is 3.15. The number of hydrogen-bond acceptors (Lipinski definition) is 2. The van der Waals surface area contributed by atoms with Crippen LogP contribution < -0.4 is 5.73 Å². The second-order valence-electron chi connectivity index (χ2n) is 4.24. The van der Waals surface area contributed by atoms with Gasteiger partial charge < -0.3 is 10.3 Å². The highest BCUT2D eigenvalue weighted by molar-refractivity contribution is 5.97. The Kier molecular flexibility index (Phi) is 1.98. The molecule has 4 nitrogen and oxygen atoms in total. The van der Waals surface area contributed by atoms with E-state index in [1.165, 1.54) is 10.9 Å². The van der Waals surface area contributed by atoms with Gasteiger partial charge in [-0.15, -0.1) is 0 Å². The average molecular weight is 226 g/mol. The third kappa shape index (κ3) is 1.34. The number of aryl methyl sites for hydroxylation is 2. The molecule has 0 saturated carbocycles. The number of benzene rings is 1. The van der Waals surface area contributed by atoms with Gasteiger partial charge in [-0.05, 0) is 12.1 Å². The topological polar surface area (TPSA) is 48.8 Å². The van der Waals surface area contributed by atoms with E-state index in [9.17, 15) is 0 Å². The molecule has 0 bridgehead atoms. The molecular formula is C13H14N4. The highest BCUT2D eigenvalue weighted by Crippen LogP contribution is 2.31. The molecule has 0 aliphatic heterocycles. The van der Waals surface area contributed by atoms with Crippen LogP contribution in [0.1, 0.15) is 0 Å². The van der Waals surface area contributed by atoms with Crippen molar-refractivity contribution in [3.05, 3.63) is 36.7 Å². The number of anilines is 1. The summed E-state index contributed by atoms with van der Waals surface area (Å²) in [6, 6.07) is 8.34. The number of nitrogen functional groups attached to an aromatic ring is 1. The van der Waals surface area contributed by atoms with Crippen molar-refractivity contribution in [2.75, 3.05) is 5.73 Å². The predicted octanol–water partition coefficient (Wildman–Crippen LogP) is 2.16. The second-order valence-corrected chi connectivity index (χ2v) is 4.24. The Hall–Kier alpha value is -2.23. The van der Waals surface area contributed by atoms with Crippen molar-refractivity contribution < 1.29 is 0 Å². The summed E-state index contributed by atoms with van der Waals surface area (Å²) in [4.78, 5) is 0. The molecule has 17 heavy (non-hydrogen) atoms. The summed E-state index contributed by atoms with van der Waals surface area (Å²) < 4.78 is 3.92. The van der Waals surface area contributed by atoms with Crippen LogP contribution in [0.15, 0.2) is 36.7 Å². The molecule has 4 heteroatoms. The van der Waals surface area contributed by atoms with Crippen molar-refractivity contribution in [1.29, 1.82) is 0 Å². The Morgan fingerprint density at radius 2 is 2.00 bits per heavy atom. The molecule has 0 saturated heterocycles. The minimum absolute atomic E-state index is 0.712. The lowest BCUT2D eigenvalue weighted by Crippen LogP contribution is -1.96. The van der Waals surface area contributed by atoms with Gasteiger partial charge in [-0.3, -0.25) is 4.68 Å². The van der Waals surface area contributed by atoms with Crippen molar-refractivity contribution in [1.82, 2.24) is 14.3 Å². The first kappa shape index (κ1) is 9.96. The second kappa shape index (κ2) is 3.38. The zero-order valence-corrected chi connectivity index (χ0v) is 9.88. The molecule has 3 aromatic rings. The minimum Gasteiger partial charge on any atom is -0.396 e. The maximum atomic E-state index is 5.98. The van der Waals surface area contributed by atoms with Gasteiger partial charge in [-0.1, -0.05) is 12.1 Å². The summed E-state index contributed by atoms with van der Waals surface area (Å²) in [5.41, 5.74) is 9.99. The molecule has 2 N–H and O–H groups in total. The summed E-state index contributed by atoms with van der Waals surface area (Å²) in [7, 11) is 3.95. The summed E-state index contributed by atoms with van der Waals surface area (Å²) in [5, 5.41) is 5.39. The Balaban J connectivity index is 2.38. The Bertz CT molecular complexity index is 671. The van der Waals surface area contributed by atoms with Gasteiger partial charge in [0.15, 0.2) is 0 Å². The van der Waals surface area contributed by atoms with E-state index in [1.54, 1.807) is 6.20 Å². The van der Waals surface area contributed by atoms with Gasteiger partial charge in [-0.2, -0.15) is 5.10 Å². The maximum absolute atomic E-state index is 5.98. The lowest BCUT2D eigenvalue weighted by atomic mass is 10.1. The van der Waals surface area contributed by atoms with Crippen LogP contribution in [0.3, 0.4) is 0 Å². The smallest absolute Gasteiger partial charge is 0.0915 e. The number of rotatable bonds is 1. The van der Waals surface area contributed by atoms with Crippen molar-refractivity contribution in [2.45, 2.75) is 0 Å². The Labute approximate surface area is 99.3 Å². The summed E-state index contributed by atoms with van der Waals surface area (Å²) >= 11 is 0. The normalized spacial score (nSPS) is 11.2. The number of nitrogens with two attached hydrogens (primary N) is 1. The highest BCUT2D eigenvalue weighted by Gasteiger charge is 2.12. The molecule has 3 rings (SSSR count). The first-order valence-corrected chi connectivity index (χ1v) is 5.50. The molecule has 0 aliphatic rings. The van der Waals surface area contributed by atoms with Crippen LogP contribution in [0.4, 0.5) is 5.69 Å². The van der Waals surface area contributed by atoms with E-state index in [0.717, 1.165) is 11.3 Å². The Morgan fingerprint density at radius 1 is 1.18 bits per heavy atom. The van der Waals surface area contributed by atoms with Gasteiger partial charge in [0.1, 0.15) is 0 Å². The van der Waals surface area contributed by atoms with E-state index < -0.39 is 0 Å². The molecule has 0 fully saturated rings. The molecule has 0 unspecified atom stereocenters. The van der Waals surface area contributed by atoms with Crippen LogP contribution in [-0.2, 0) is 14.1 Å². The van der Waals surface area contributed by atoms with E-state index in [2.05, 4.69) is 34.1 Å². The molecule has 1 aromatic carbocycles. The summed E-state index contributed by atoms with van der Waals surface area (Å²) in [6.45, 7) is 0. The Morgan fingerprint density at radius 3 is 2.71 bits per heavy atom. The first-order valence-electron chi connectivity index (χ1n) is 5.50. The van der Waals surface area contributed by atoms with Gasteiger partial charge in [0.25, 0.3) is 0 Å². The van der Waals surface area contributed by atoms with E-state index in [-0.39, 0.29) is 0 Å². The van der Waals surface area contributed by atoms with Crippen LogP contribution in [0.5, 0.6) is 0 Å². The molecule has 0 atom stereocenters. The van der Waals surface area contributed by atoms with Crippen molar-refractivity contribution in [2.24, 2.45) is 14.1 Å². The number of hydrogen-bond donors (Lipinski definition) is 1. The standard InChI is InChI=1S/C13H14N4/c1-16-7-6-9-10(4-3-5-12(9)16)13-11(14)8-15-17(13)2/h3-8H,14H2,1-2H3. The van der Waals surface area contributed by atoms with Gasteiger partial charge >= 0.3 is 0 Å². The lowest BCUT2D eigenvalue weighted by molar-refractivity contribution is 0.776. The van der Waals surface area contributed by atoms with E-state index in [1.807, 2.05) is 24.8 Å². The molecular weight excluding hydrogens is 212 g/mol. The van der Waals surface area contributed by atoms with Crippen LogP contribution in [0.25, 0.3) is 22.2 Å². The number of aromatic nitrogens is 3. The predicted molar refractivity (Wildman–Crippen MR) is 69.5 cm³/mol. The van der Waals surface area contributed by atoms with E-state index in [4.69, 9.17) is 5.73 Å². The SMILES string of the molecule is Cn1ncc(N)c1-c1cccc2c1ccn2C. The third-order valence-corrected chi connectivity index (χ3v) is 3.15. The van der Waals surface area contributed by atoms with E-state index in [0.29, 0.717) is 5.69 Å². The zero-order chi connectivity index (χ0) is 12.0. The lowest BCUT2D eigenvalue weighted by Gasteiger charge is -2.06.